The molecule has 0 fully saturated rings. The van der Waals surface area contributed by atoms with E-state index in [0.29, 0.717) is 5.56 Å². The van der Waals surface area contributed by atoms with Gasteiger partial charge in [-0.3, -0.25) is 0 Å². The highest BCUT2D eigenvalue weighted by Gasteiger charge is 2.14. The van der Waals surface area contributed by atoms with Crippen molar-refractivity contribution >= 4 is 21.6 Å². The van der Waals surface area contributed by atoms with Gasteiger partial charge in [0.05, 0.1) is 11.7 Å². The van der Waals surface area contributed by atoms with E-state index in [0.717, 1.165) is 16.6 Å². The molecule has 2 aromatic rings. The Morgan fingerprint density at radius 1 is 1.00 bits per heavy atom. The van der Waals surface area contributed by atoms with Gasteiger partial charge in [0, 0.05) is 16.1 Å². The zero-order valence-electron chi connectivity index (χ0n) is 11.0. The van der Waals surface area contributed by atoms with E-state index in [9.17, 15) is 13.2 Å². The van der Waals surface area contributed by atoms with Crippen molar-refractivity contribution in [3.05, 3.63) is 63.4 Å². The van der Waals surface area contributed by atoms with E-state index in [-0.39, 0.29) is 11.3 Å². The van der Waals surface area contributed by atoms with Crippen molar-refractivity contribution < 1.29 is 13.2 Å². The van der Waals surface area contributed by atoms with Crippen LogP contribution in [0.15, 0.2) is 34.8 Å². The fourth-order valence-electron chi connectivity index (χ4n) is 1.91. The molecule has 0 aliphatic carbocycles. The summed E-state index contributed by atoms with van der Waals surface area (Å²) in [7, 11) is 0. The molecular formula is C15H13BrF3N. The largest absolute Gasteiger partial charge is 0.376 e. The summed E-state index contributed by atoms with van der Waals surface area (Å²) in [6.07, 6.45) is 0. The monoisotopic (exact) mass is 343 g/mol. The summed E-state index contributed by atoms with van der Waals surface area (Å²) in [5.74, 6) is -1.47. The fraction of sp³-hybridized carbons (Fsp3) is 0.200. The number of hydrogen-bond acceptors (Lipinski definition) is 1. The zero-order chi connectivity index (χ0) is 14.9. The average molecular weight is 344 g/mol. The number of halogens is 4. The van der Waals surface area contributed by atoms with E-state index in [1.165, 1.54) is 13.0 Å². The third-order valence-electron chi connectivity index (χ3n) is 3.04. The maximum atomic E-state index is 13.8. The molecule has 1 unspecified atom stereocenters. The lowest BCUT2D eigenvalue weighted by atomic mass is 10.1. The topological polar surface area (TPSA) is 12.0 Å². The van der Waals surface area contributed by atoms with Crippen molar-refractivity contribution in [3.8, 4) is 0 Å². The summed E-state index contributed by atoms with van der Waals surface area (Å²) < 4.78 is 41.7. The number of anilines is 1. The van der Waals surface area contributed by atoms with Gasteiger partial charge in [0.15, 0.2) is 0 Å². The molecule has 0 saturated carbocycles. The summed E-state index contributed by atoms with van der Waals surface area (Å²) in [5, 5.41) is 2.79. The minimum absolute atomic E-state index is 0.0139. The second kappa shape index (κ2) is 5.87. The highest BCUT2D eigenvalue weighted by atomic mass is 79.9. The Morgan fingerprint density at radius 2 is 1.70 bits per heavy atom. The van der Waals surface area contributed by atoms with Crippen molar-refractivity contribution in [2.75, 3.05) is 5.32 Å². The van der Waals surface area contributed by atoms with Crippen molar-refractivity contribution in [2.45, 2.75) is 19.9 Å². The van der Waals surface area contributed by atoms with Crippen LogP contribution in [0.3, 0.4) is 0 Å². The van der Waals surface area contributed by atoms with E-state index in [2.05, 4.69) is 21.2 Å². The van der Waals surface area contributed by atoms with Crippen LogP contribution in [0.1, 0.15) is 24.1 Å². The first kappa shape index (κ1) is 14.9. The molecule has 1 N–H and O–H groups in total. The Balaban J connectivity index is 2.30. The molecule has 0 aliphatic heterocycles. The molecule has 0 radical (unpaired) electrons. The van der Waals surface area contributed by atoms with Crippen LogP contribution in [0, 0.1) is 24.4 Å². The van der Waals surface area contributed by atoms with Crippen molar-refractivity contribution in [1.29, 1.82) is 0 Å². The molecule has 0 amide bonds. The predicted molar refractivity (Wildman–Crippen MR) is 77.2 cm³/mol. The number of nitrogens with one attached hydrogen (secondary N) is 1. The summed E-state index contributed by atoms with van der Waals surface area (Å²) in [5.41, 5.74) is 0.620. The first-order valence-electron chi connectivity index (χ1n) is 6.05. The molecule has 0 saturated heterocycles. The Kier molecular flexibility index (Phi) is 4.38. The van der Waals surface area contributed by atoms with Gasteiger partial charge in [0.25, 0.3) is 0 Å². The van der Waals surface area contributed by atoms with E-state index < -0.39 is 23.5 Å². The lowest BCUT2D eigenvalue weighted by Crippen LogP contribution is -2.10. The number of rotatable bonds is 3. The van der Waals surface area contributed by atoms with Crippen molar-refractivity contribution in [3.63, 3.8) is 0 Å². The number of benzene rings is 2. The highest BCUT2D eigenvalue weighted by Crippen LogP contribution is 2.27. The van der Waals surface area contributed by atoms with Crippen LogP contribution < -0.4 is 5.32 Å². The molecular weight excluding hydrogens is 331 g/mol. The Bertz CT molecular complexity index is 643. The van der Waals surface area contributed by atoms with Crippen molar-refractivity contribution in [2.24, 2.45) is 0 Å². The molecule has 0 aliphatic rings. The average Bonchev–Trinajstić information content (AvgIpc) is 2.38. The smallest absolute Gasteiger partial charge is 0.146 e. The number of aryl methyl sites for hydroxylation is 1. The molecule has 20 heavy (non-hydrogen) atoms. The molecule has 2 aromatic carbocycles. The predicted octanol–water partition coefficient (Wildman–Crippen LogP) is 5.35. The van der Waals surface area contributed by atoms with Crippen LogP contribution in [0.5, 0.6) is 0 Å². The molecule has 0 heterocycles. The summed E-state index contributed by atoms with van der Waals surface area (Å²) in [6.45, 7) is 3.17. The van der Waals surface area contributed by atoms with Crippen LogP contribution in [-0.4, -0.2) is 0 Å². The fourth-order valence-corrected chi connectivity index (χ4v) is 2.29. The maximum absolute atomic E-state index is 13.8. The normalized spacial score (nSPS) is 12.3. The minimum Gasteiger partial charge on any atom is -0.376 e. The quantitative estimate of drug-likeness (QED) is 0.792. The molecule has 0 bridgehead atoms. The van der Waals surface area contributed by atoms with Gasteiger partial charge < -0.3 is 5.32 Å². The standard InChI is InChI=1S/C15H13BrF3N/c1-8-5-14(19)15(7-13(8)18)20-9(2)11-6-10(16)3-4-12(11)17/h3-7,9,20H,1-2H3. The van der Waals surface area contributed by atoms with Crippen LogP contribution in [0.25, 0.3) is 0 Å². The molecule has 0 spiro atoms. The molecule has 0 aromatic heterocycles. The van der Waals surface area contributed by atoms with Crippen LogP contribution in [0.2, 0.25) is 0 Å². The van der Waals surface area contributed by atoms with Crippen LogP contribution in [-0.2, 0) is 0 Å². The van der Waals surface area contributed by atoms with E-state index >= 15 is 0 Å². The first-order chi connectivity index (χ1) is 9.38. The molecule has 1 nitrogen and oxygen atoms in total. The first-order valence-corrected chi connectivity index (χ1v) is 6.85. The highest BCUT2D eigenvalue weighted by molar-refractivity contribution is 9.10. The second-order valence-electron chi connectivity index (χ2n) is 4.61. The number of hydrogen-bond donors (Lipinski definition) is 1. The Hall–Kier alpha value is -1.49. The third-order valence-corrected chi connectivity index (χ3v) is 3.54. The maximum Gasteiger partial charge on any atom is 0.146 e. The van der Waals surface area contributed by atoms with Gasteiger partial charge in [-0.1, -0.05) is 15.9 Å². The van der Waals surface area contributed by atoms with Gasteiger partial charge in [-0.15, -0.1) is 0 Å². The van der Waals surface area contributed by atoms with Gasteiger partial charge in [-0.05, 0) is 43.7 Å². The van der Waals surface area contributed by atoms with Crippen molar-refractivity contribution in [1.82, 2.24) is 0 Å². The lowest BCUT2D eigenvalue weighted by Gasteiger charge is -2.17. The van der Waals surface area contributed by atoms with Gasteiger partial charge in [0.1, 0.15) is 17.5 Å². The molecule has 106 valence electrons. The van der Waals surface area contributed by atoms with Gasteiger partial charge in [0.2, 0.25) is 0 Å². The van der Waals surface area contributed by atoms with Crippen LogP contribution in [0.4, 0.5) is 18.9 Å². The molecule has 5 heteroatoms. The zero-order valence-corrected chi connectivity index (χ0v) is 12.6. The second-order valence-corrected chi connectivity index (χ2v) is 5.53. The third kappa shape index (κ3) is 3.15. The molecule has 1 atom stereocenters. The minimum atomic E-state index is -0.564. The Morgan fingerprint density at radius 3 is 2.40 bits per heavy atom. The SMILES string of the molecule is Cc1cc(F)c(NC(C)c2cc(Br)ccc2F)cc1F. The molecule has 2 rings (SSSR count). The van der Waals surface area contributed by atoms with Crippen LogP contribution >= 0.6 is 15.9 Å². The van der Waals surface area contributed by atoms with Gasteiger partial charge in [-0.2, -0.15) is 0 Å². The lowest BCUT2D eigenvalue weighted by molar-refractivity contribution is 0.586. The van der Waals surface area contributed by atoms with E-state index in [1.54, 1.807) is 19.1 Å². The summed E-state index contributed by atoms with van der Waals surface area (Å²) in [6, 6.07) is 6.21. The van der Waals surface area contributed by atoms with Gasteiger partial charge >= 0.3 is 0 Å². The van der Waals surface area contributed by atoms with E-state index in [1.807, 2.05) is 0 Å². The van der Waals surface area contributed by atoms with Gasteiger partial charge in [-0.25, -0.2) is 13.2 Å². The summed E-state index contributed by atoms with van der Waals surface area (Å²) >= 11 is 3.26. The van der Waals surface area contributed by atoms with E-state index in [4.69, 9.17) is 0 Å². The summed E-state index contributed by atoms with van der Waals surface area (Å²) in [4.78, 5) is 0. The Labute approximate surface area is 123 Å².